The first-order valence-electron chi connectivity index (χ1n) is 6.59. The Morgan fingerprint density at radius 1 is 1.20 bits per heavy atom. The number of rotatable bonds is 3. The number of carbonyl (C=O) groups excluding carboxylic acids is 2. The highest BCUT2D eigenvalue weighted by atomic mass is 19.4. The van der Waals surface area contributed by atoms with E-state index in [-0.39, 0.29) is 18.6 Å². The Morgan fingerprint density at radius 3 is 2.25 bits per heavy atom. The van der Waals surface area contributed by atoms with Crippen LogP contribution in [0.5, 0.6) is 0 Å². The van der Waals surface area contributed by atoms with Crippen molar-refractivity contribution in [3.63, 3.8) is 0 Å². The third kappa shape index (κ3) is 5.77. The van der Waals surface area contributed by atoms with Crippen LogP contribution in [0.3, 0.4) is 0 Å². The lowest BCUT2D eigenvalue weighted by atomic mass is 9.97. The van der Waals surface area contributed by atoms with Crippen LogP contribution in [0.4, 0.5) is 18.0 Å². The molecule has 2 atom stereocenters. The summed E-state index contributed by atoms with van der Waals surface area (Å²) in [6, 6.07) is -0.671. The van der Waals surface area contributed by atoms with Gasteiger partial charge in [0.05, 0.1) is 6.54 Å². The molecule has 0 saturated carbocycles. The number of piperidine rings is 1. The van der Waals surface area contributed by atoms with E-state index in [9.17, 15) is 22.8 Å². The van der Waals surface area contributed by atoms with E-state index in [1.54, 1.807) is 5.32 Å². The Labute approximate surface area is 115 Å². The second-order valence-corrected chi connectivity index (χ2v) is 5.15. The SMILES string of the molecule is C[C@@H]1CCC[C@@H](C)N1CC(=O)NC(=O)NCC(F)(F)F. The fraction of sp³-hybridized carbons (Fsp3) is 0.833. The minimum absolute atomic E-state index is 0.0156. The zero-order valence-corrected chi connectivity index (χ0v) is 11.6. The molecule has 1 rings (SSSR count). The van der Waals surface area contributed by atoms with E-state index in [0.717, 1.165) is 19.3 Å². The molecule has 3 amide bonds. The van der Waals surface area contributed by atoms with E-state index < -0.39 is 24.7 Å². The number of amides is 3. The van der Waals surface area contributed by atoms with E-state index in [1.165, 1.54) is 0 Å². The summed E-state index contributed by atoms with van der Waals surface area (Å²) in [6.07, 6.45) is -1.46. The number of hydrogen-bond acceptors (Lipinski definition) is 3. The van der Waals surface area contributed by atoms with E-state index >= 15 is 0 Å². The van der Waals surface area contributed by atoms with Gasteiger partial charge in [0, 0.05) is 12.1 Å². The summed E-state index contributed by atoms with van der Waals surface area (Å²) in [6.45, 7) is 2.55. The van der Waals surface area contributed by atoms with Crippen LogP contribution in [-0.4, -0.2) is 48.2 Å². The average Bonchev–Trinajstić information content (AvgIpc) is 2.31. The second-order valence-electron chi connectivity index (χ2n) is 5.15. The number of alkyl halides is 3. The van der Waals surface area contributed by atoms with Crippen LogP contribution in [0.1, 0.15) is 33.1 Å². The molecule has 0 bridgehead atoms. The fourth-order valence-corrected chi connectivity index (χ4v) is 2.34. The summed E-state index contributed by atoms with van der Waals surface area (Å²) >= 11 is 0. The number of carbonyl (C=O) groups is 2. The Kier molecular flexibility index (Phi) is 5.79. The normalized spacial score (nSPS) is 24.2. The lowest BCUT2D eigenvalue weighted by Crippen LogP contribution is -2.51. The van der Waals surface area contributed by atoms with Crippen molar-refractivity contribution in [2.45, 2.75) is 51.4 Å². The molecule has 116 valence electrons. The van der Waals surface area contributed by atoms with Crippen LogP contribution in [0, 0.1) is 0 Å². The molecule has 0 spiro atoms. The smallest absolute Gasteiger partial charge is 0.329 e. The number of nitrogens with one attached hydrogen (secondary N) is 2. The molecule has 1 fully saturated rings. The molecule has 0 aromatic carbocycles. The molecular weight excluding hydrogens is 275 g/mol. The third-order valence-corrected chi connectivity index (χ3v) is 3.40. The van der Waals surface area contributed by atoms with E-state index in [0.29, 0.717) is 0 Å². The number of nitrogens with zero attached hydrogens (tertiary/aromatic N) is 1. The lowest BCUT2D eigenvalue weighted by Gasteiger charge is -2.38. The van der Waals surface area contributed by atoms with Gasteiger partial charge in [-0.2, -0.15) is 13.2 Å². The van der Waals surface area contributed by atoms with Gasteiger partial charge >= 0.3 is 12.2 Å². The Morgan fingerprint density at radius 2 is 1.75 bits per heavy atom. The van der Waals surface area contributed by atoms with Crippen molar-refractivity contribution in [2.75, 3.05) is 13.1 Å². The zero-order chi connectivity index (χ0) is 15.3. The molecule has 5 nitrogen and oxygen atoms in total. The van der Waals surface area contributed by atoms with E-state index in [4.69, 9.17) is 0 Å². The monoisotopic (exact) mass is 295 g/mol. The molecule has 1 saturated heterocycles. The van der Waals surface area contributed by atoms with Crippen molar-refractivity contribution in [1.82, 2.24) is 15.5 Å². The predicted octanol–water partition coefficient (Wildman–Crippen LogP) is 1.64. The summed E-state index contributed by atoms with van der Waals surface area (Å²) in [7, 11) is 0. The van der Waals surface area contributed by atoms with E-state index in [1.807, 2.05) is 24.1 Å². The standard InChI is InChI=1S/C12H20F3N3O2/c1-8-4-3-5-9(2)18(8)6-10(19)17-11(20)16-7-12(13,14)15/h8-9H,3-7H2,1-2H3,(H2,16,17,19,20)/t8-,9-/m1/s1. The van der Waals surface area contributed by atoms with Crippen molar-refractivity contribution in [1.29, 1.82) is 0 Å². The predicted molar refractivity (Wildman–Crippen MR) is 67.1 cm³/mol. The number of imide groups is 1. The highest BCUT2D eigenvalue weighted by Crippen LogP contribution is 2.21. The molecule has 1 aliphatic rings. The van der Waals surface area contributed by atoms with Crippen LogP contribution in [0.25, 0.3) is 0 Å². The minimum Gasteiger partial charge on any atom is -0.329 e. The molecule has 0 aromatic rings. The van der Waals surface area contributed by atoms with Crippen LogP contribution in [0.2, 0.25) is 0 Å². The highest BCUT2D eigenvalue weighted by Gasteiger charge is 2.29. The van der Waals surface area contributed by atoms with Gasteiger partial charge in [-0.05, 0) is 26.7 Å². The van der Waals surface area contributed by atoms with Gasteiger partial charge in [0.15, 0.2) is 0 Å². The molecular formula is C12H20F3N3O2. The first kappa shape index (κ1) is 16.7. The van der Waals surface area contributed by atoms with Crippen LogP contribution >= 0.6 is 0 Å². The second kappa shape index (κ2) is 6.92. The number of likely N-dealkylation sites (tertiary alicyclic amines) is 1. The van der Waals surface area contributed by atoms with Crippen LogP contribution in [0.15, 0.2) is 0 Å². The third-order valence-electron chi connectivity index (χ3n) is 3.40. The van der Waals surface area contributed by atoms with Gasteiger partial charge in [-0.3, -0.25) is 15.0 Å². The van der Waals surface area contributed by atoms with Crippen LogP contribution < -0.4 is 10.6 Å². The van der Waals surface area contributed by atoms with Crippen molar-refractivity contribution >= 4 is 11.9 Å². The van der Waals surface area contributed by atoms with Gasteiger partial charge in [0.2, 0.25) is 5.91 Å². The fourth-order valence-electron chi connectivity index (χ4n) is 2.34. The minimum atomic E-state index is -4.49. The molecule has 0 aromatic heterocycles. The van der Waals surface area contributed by atoms with Gasteiger partial charge in [-0.1, -0.05) is 6.42 Å². The molecule has 1 aliphatic heterocycles. The summed E-state index contributed by atoms with van der Waals surface area (Å²) in [5.74, 6) is -0.592. The largest absolute Gasteiger partial charge is 0.405 e. The number of halogens is 3. The Balaban J connectivity index is 2.37. The summed E-state index contributed by atoms with van der Waals surface area (Å²) in [5.41, 5.74) is 0. The highest BCUT2D eigenvalue weighted by molar-refractivity contribution is 5.95. The maximum atomic E-state index is 11.9. The summed E-state index contributed by atoms with van der Waals surface area (Å²) in [5, 5.41) is 3.51. The average molecular weight is 295 g/mol. The number of hydrogen-bond donors (Lipinski definition) is 2. The molecule has 0 aliphatic carbocycles. The molecule has 0 unspecified atom stereocenters. The first-order chi connectivity index (χ1) is 9.19. The Hall–Kier alpha value is -1.31. The van der Waals surface area contributed by atoms with Gasteiger partial charge in [0.1, 0.15) is 6.54 Å². The maximum Gasteiger partial charge on any atom is 0.405 e. The summed E-state index contributed by atoms with van der Waals surface area (Å²) in [4.78, 5) is 24.7. The van der Waals surface area contributed by atoms with Crippen molar-refractivity contribution in [3.8, 4) is 0 Å². The topological polar surface area (TPSA) is 61.4 Å². The first-order valence-corrected chi connectivity index (χ1v) is 6.59. The number of urea groups is 1. The van der Waals surface area contributed by atoms with Gasteiger partial charge in [-0.15, -0.1) is 0 Å². The maximum absolute atomic E-state index is 11.9. The molecule has 2 N–H and O–H groups in total. The van der Waals surface area contributed by atoms with Gasteiger partial charge in [-0.25, -0.2) is 4.79 Å². The summed E-state index contributed by atoms with van der Waals surface area (Å²) < 4.78 is 35.7. The Bertz CT molecular complexity index is 350. The quantitative estimate of drug-likeness (QED) is 0.832. The molecule has 1 heterocycles. The molecule has 20 heavy (non-hydrogen) atoms. The van der Waals surface area contributed by atoms with Crippen molar-refractivity contribution < 1.29 is 22.8 Å². The van der Waals surface area contributed by atoms with Crippen LogP contribution in [-0.2, 0) is 4.79 Å². The van der Waals surface area contributed by atoms with E-state index in [2.05, 4.69) is 0 Å². The molecule has 8 heteroatoms. The van der Waals surface area contributed by atoms with Gasteiger partial charge in [0.25, 0.3) is 0 Å². The lowest BCUT2D eigenvalue weighted by molar-refractivity contribution is -0.125. The van der Waals surface area contributed by atoms with Gasteiger partial charge < -0.3 is 5.32 Å². The zero-order valence-electron chi connectivity index (χ0n) is 11.6. The molecule has 0 radical (unpaired) electrons. The van der Waals surface area contributed by atoms with Crippen molar-refractivity contribution in [2.24, 2.45) is 0 Å². The van der Waals surface area contributed by atoms with Crippen molar-refractivity contribution in [3.05, 3.63) is 0 Å².